The van der Waals surface area contributed by atoms with E-state index in [2.05, 4.69) is 11.9 Å². The highest BCUT2D eigenvalue weighted by Crippen LogP contribution is 2.19. The summed E-state index contributed by atoms with van der Waals surface area (Å²) in [5.41, 5.74) is 0. The van der Waals surface area contributed by atoms with E-state index in [0.29, 0.717) is 19.0 Å². The molecule has 2 aliphatic rings. The van der Waals surface area contributed by atoms with Gasteiger partial charge in [-0.3, -0.25) is 9.59 Å². The number of piperidine rings is 1. The van der Waals surface area contributed by atoms with Crippen molar-refractivity contribution in [1.82, 2.24) is 9.80 Å². The average Bonchev–Trinajstić information content (AvgIpc) is 2.50. The second-order valence-corrected chi connectivity index (χ2v) is 4.21. The lowest BCUT2D eigenvalue weighted by Crippen LogP contribution is -2.44. The number of hydrogen-bond acceptors (Lipinski definition) is 3. The van der Waals surface area contributed by atoms with E-state index in [4.69, 9.17) is 0 Å². The summed E-state index contributed by atoms with van der Waals surface area (Å²) in [6, 6.07) is 0.310. The van der Waals surface area contributed by atoms with Gasteiger partial charge in [-0.05, 0) is 33.0 Å². The third-order valence-electron chi connectivity index (χ3n) is 3.21. The normalized spacial score (nSPS) is 26.2. The van der Waals surface area contributed by atoms with Crippen molar-refractivity contribution in [2.24, 2.45) is 0 Å². The topological polar surface area (TPSA) is 40.6 Å². The van der Waals surface area contributed by atoms with Crippen LogP contribution in [0.2, 0.25) is 0 Å². The number of carbonyl (C=O) groups excluding carboxylic acids is 2. The SMILES string of the molecule is CN1CCC(N2CCC(=O)C2=O)CC1. The first-order valence-corrected chi connectivity index (χ1v) is 5.21. The monoisotopic (exact) mass is 196 g/mol. The molecule has 78 valence electrons. The van der Waals surface area contributed by atoms with Crippen molar-refractivity contribution in [2.75, 3.05) is 26.7 Å². The van der Waals surface area contributed by atoms with Gasteiger partial charge in [-0.2, -0.15) is 0 Å². The second kappa shape index (κ2) is 3.69. The smallest absolute Gasteiger partial charge is 0.290 e. The maximum atomic E-state index is 11.4. The maximum absolute atomic E-state index is 11.4. The Labute approximate surface area is 83.9 Å². The van der Waals surface area contributed by atoms with Crippen molar-refractivity contribution in [2.45, 2.75) is 25.3 Å². The Morgan fingerprint density at radius 2 is 1.79 bits per heavy atom. The highest BCUT2D eigenvalue weighted by Gasteiger charge is 2.35. The first-order chi connectivity index (χ1) is 6.68. The van der Waals surface area contributed by atoms with Crippen LogP contribution in [0.3, 0.4) is 0 Å². The molecule has 0 atom stereocenters. The van der Waals surface area contributed by atoms with Crippen molar-refractivity contribution in [3.63, 3.8) is 0 Å². The van der Waals surface area contributed by atoms with Crippen LogP contribution in [0.15, 0.2) is 0 Å². The number of carbonyl (C=O) groups is 2. The van der Waals surface area contributed by atoms with E-state index in [1.54, 1.807) is 4.90 Å². The highest BCUT2D eigenvalue weighted by atomic mass is 16.2. The van der Waals surface area contributed by atoms with Gasteiger partial charge < -0.3 is 9.80 Å². The van der Waals surface area contributed by atoms with Crippen molar-refractivity contribution in [3.8, 4) is 0 Å². The van der Waals surface area contributed by atoms with Crippen LogP contribution in [-0.4, -0.2) is 54.2 Å². The van der Waals surface area contributed by atoms with Crippen molar-refractivity contribution in [3.05, 3.63) is 0 Å². The molecule has 0 aromatic rings. The van der Waals surface area contributed by atoms with Gasteiger partial charge in [-0.15, -0.1) is 0 Å². The molecule has 0 aliphatic carbocycles. The zero-order chi connectivity index (χ0) is 10.1. The highest BCUT2D eigenvalue weighted by molar-refractivity contribution is 6.37. The van der Waals surface area contributed by atoms with Gasteiger partial charge in [-0.1, -0.05) is 0 Å². The van der Waals surface area contributed by atoms with Gasteiger partial charge in [0.15, 0.2) is 0 Å². The van der Waals surface area contributed by atoms with Crippen LogP contribution in [0, 0.1) is 0 Å². The summed E-state index contributed by atoms with van der Waals surface area (Å²) in [7, 11) is 2.09. The zero-order valence-corrected chi connectivity index (χ0v) is 8.53. The van der Waals surface area contributed by atoms with Crippen molar-refractivity contribution < 1.29 is 9.59 Å². The molecule has 1 amide bonds. The Bertz CT molecular complexity index is 257. The van der Waals surface area contributed by atoms with E-state index in [9.17, 15) is 9.59 Å². The molecule has 0 N–H and O–H groups in total. The molecule has 0 unspecified atom stereocenters. The molecule has 4 heteroatoms. The van der Waals surface area contributed by atoms with E-state index >= 15 is 0 Å². The fraction of sp³-hybridized carbons (Fsp3) is 0.800. The lowest BCUT2D eigenvalue weighted by atomic mass is 10.0. The summed E-state index contributed by atoms with van der Waals surface area (Å²) >= 11 is 0. The molecule has 0 spiro atoms. The van der Waals surface area contributed by atoms with Gasteiger partial charge >= 0.3 is 0 Å². The number of hydrogen-bond donors (Lipinski definition) is 0. The van der Waals surface area contributed by atoms with Crippen LogP contribution in [0.4, 0.5) is 0 Å². The minimum atomic E-state index is -0.250. The number of likely N-dealkylation sites (tertiary alicyclic amines) is 2. The Morgan fingerprint density at radius 3 is 2.29 bits per heavy atom. The van der Waals surface area contributed by atoms with Crippen molar-refractivity contribution >= 4 is 11.7 Å². The summed E-state index contributed by atoms with van der Waals surface area (Å²) in [5, 5.41) is 0. The average molecular weight is 196 g/mol. The Kier molecular flexibility index (Phi) is 2.54. The van der Waals surface area contributed by atoms with E-state index in [1.165, 1.54) is 0 Å². The molecule has 0 saturated carbocycles. The molecule has 0 radical (unpaired) electrons. The maximum Gasteiger partial charge on any atom is 0.290 e. The van der Waals surface area contributed by atoms with E-state index in [-0.39, 0.29) is 11.7 Å². The summed E-state index contributed by atoms with van der Waals surface area (Å²) < 4.78 is 0. The summed E-state index contributed by atoms with van der Waals surface area (Å²) in [6.07, 6.45) is 2.44. The molecule has 4 nitrogen and oxygen atoms in total. The molecule has 2 saturated heterocycles. The van der Waals surface area contributed by atoms with Gasteiger partial charge in [0.2, 0.25) is 5.78 Å². The number of Topliss-reactive ketones (excluding diaryl/α,β-unsaturated/α-hetero) is 1. The molecular formula is C10H16N2O2. The minimum Gasteiger partial charge on any atom is -0.333 e. The molecule has 0 aromatic carbocycles. The largest absolute Gasteiger partial charge is 0.333 e. The lowest BCUT2D eigenvalue weighted by molar-refractivity contribution is -0.141. The third kappa shape index (κ3) is 1.66. The number of nitrogens with zero attached hydrogens (tertiary/aromatic N) is 2. The zero-order valence-electron chi connectivity index (χ0n) is 8.53. The van der Waals surface area contributed by atoms with Crippen LogP contribution >= 0.6 is 0 Å². The number of rotatable bonds is 1. The minimum absolute atomic E-state index is 0.205. The van der Waals surface area contributed by atoms with Crippen LogP contribution < -0.4 is 0 Å². The fourth-order valence-corrected chi connectivity index (χ4v) is 2.25. The van der Waals surface area contributed by atoms with Crippen LogP contribution in [0.1, 0.15) is 19.3 Å². The molecule has 2 heterocycles. The Balaban J connectivity index is 1.96. The molecule has 0 bridgehead atoms. The summed E-state index contributed by atoms with van der Waals surface area (Å²) in [4.78, 5) is 26.6. The van der Waals surface area contributed by atoms with E-state index < -0.39 is 0 Å². The second-order valence-electron chi connectivity index (χ2n) is 4.21. The van der Waals surface area contributed by atoms with Gasteiger partial charge in [0.25, 0.3) is 5.91 Å². The van der Waals surface area contributed by atoms with E-state index in [1.807, 2.05) is 0 Å². The standard InChI is InChI=1S/C10H16N2O2/c1-11-5-2-8(3-6-11)12-7-4-9(13)10(12)14/h8H,2-7H2,1H3. The van der Waals surface area contributed by atoms with E-state index in [0.717, 1.165) is 25.9 Å². The van der Waals surface area contributed by atoms with Gasteiger partial charge in [0.1, 0.15) is 0 Å². The molecule has 2 rings (SSSR count). The van der Waals surface area contributed by atoms with Crippen LogP contribution in [-0.2, 0) is 9.59 Å². The van der Waals surface area contributed by atoms with Crippen molar-refractivity contribution in [1.29, 1.82) is 0 Å². The molecular weight excluding hydrogens is 180 g/mol. The molecule has 14 heavy (non-hydrogen) atoms. The lowest BCUT2D eigenvalue weighted by Gasteiger charge is -2.34. The molecule has 2 fully saturated rings. The predicted octanol–water partition coefficient (Wildman–Crippen LogP) is -0.118. The fourth-order valence-electron chi connectivity index (χ4n) is 2.25. The summed E-state index contributed by atoms with van der Waals surface area (Å²) in [5.74, 6) is -0.455. The predicted molar refractivity (Wildman–Crippen MR) is 51.9 cm³/mol. The molecule has 2 aliphatic heterocycles. The van der Waals surface area contributed by atoms with Crippen LogP contribution in [0.25, 0.3) is 0 Å². The summed E-state index contributed by atoms with van der Waals surface area (Å²) in [6.45, 7) is 2.71. The quantitative estimate of drug-likeness (QED) is 0.549. The third-order valence-corrected chi connectivity index (χ3v) is 3.21. The molecule has 0 aromatic heterocycles. The Morgan fingerprint density at radius 1 is 1.14 bits per heavy atom. The van der Waals surface area contributed by atoms with Gasteiger partial charge in [-0.25, -0.2) is 0 Å². The Hall–Kier alpha value is -0.900. The van der Waals surface area contributed by atoms with Gasteiger partial charge in [0, 0.05) is 19.0 Å². The number of ketones is 1. The first-order valence-electron chi connectivity index (χ1n) is 5.21. The first kappa shape index (κ1) is 9.65. The number of amides is 1. The van der Waals surface area contributed by atoms with Gasteiger partial charge in [0.05, 0.1) is 0 Å². The van der Waals surface area contributed by atoms with Crippen LogP contribution in [0.5, 0.6) is 0 Å².